The summed E-state index contributed by atoms with van der Waals surface area (Å²) in [7, 11) is 0. The van der Waals surface area contributed by atoms with Gasteiger partial charge in [-0.1, -0.05) is 12.1 Å². The largest absolute Gasteiger partial charge is 0.465 e. The van der Waals surface area contributed by atoms with Gasteiger partial charge in [0.1, 0.15) is 6.54 Å². The summed E-state index contributed by atoms with van der Waals surface area (Å²) < 4.78 is 4.77. The van der Waals surface area contributed by atoms with Crippen LogP contribution in [0.5, 0.6) is 0 Å². The number of nitrogens with zero attached hydrogens (tertiary/aromatic N) is 2. The van der Waals surface area contributed by atoms with Crippen molar-refractivity contribution >= 4 is 33.9 Å². The van der Waals surface area contributed by atoms with Crippen LogP contribution in [0, 0.1) is 0 Å². The Morgan fingerprint density at radius 3 is 2.35 bits per heavy atom. The second-order valence-corrected chi connectivity index (χ2v) is 4.90. The molecule has 0 fully saturated rings. The molecule has 0 aliphatic rings. The number of ether oxygens (including phenoxy) is 1. The summed E-state index contributed by atoms with van der Waals surface area (Å²) in [5.41, 5.74) is 3.34. The second-order valence-electron chi connectivity index (χ2n) is 4.90. The highest BCUT2D eigenvalue weighted by Crippen LogP contribution is 2.17. The van der Waals surface area contributed by atoms with E-state index in [1.165, 1.54) is 0 Å². The molecule has 0 unspecified atom stereocenters. The lowest BCUT2D eigenvalue weighted by Crippen LogP contribution is -2.30. The van der Waals surface area contributed by atoms with E-state index in [1.807, 2.05) is 24.3 Å². The van der Waals surface area contributed by atoms with Crippen molar-refractivity contribution in [2.45, 2.75) is 6.92 Å². The molecular weight excluding hydrogens is 294 g/mol. The first-order chi connectivity index (χ1) is 11.2. The fourth-order valence-electron chi connectivity index (χ4n) is 2.23. The molecule has 6 nitrogen and oxygen atoms in total. The zero-order chi connectivity index (χ0) is 16.2. The Morgan fingerprint density at radius 2 is 1.65 bits per heavy atom. The molecule has 0 saturated heterocycles. The highest BCUT2D eigenvalue weighted by molar-refractivity contribution is 5.99. The first-order valence-electron chi connectivity index (χ1n) is 7.28. The van der Waals surface area contributed by atoms with Crippen LogP contribution in [0.25, 0.3) is 22.1 Å². The van der Waals surface area contributed by atoms with Crippen LogP contribution in [0.4, 0.5) is 0 Å². The molecule has 1 aromatic heterocycles. The number of carbonyl (C=O) groups excluding carboxylic acids is 2. The molecule has 6 heteroatoms. The molecule has 0 bridgehead atoms. The quantitative estimate of drug-likeness (QED) is 0.589. The summed E-state index contributed by atoms with van der Waals surface area (Å²) in [6, 6.07) is 12.6. The molecule has 1 amide bonds. The molecule has 2 aromatic carbocycles. The Bertz CT molecular complexity index is 893. The van der Waals surface area contributed by atoms with E-state index in [1.54, 1.807) is 25.1 Å². The smallest absolute Gasteiger partial charge is 0.325 e. The number of carbonyl (C=O) groups is 2. The predicted octanol–water partition coefficient (Wildman–Crippen LogP) is 2.08. The minimum Gasteiger partial charge on any atom is -0.465 e. The normalized spacial score (nSPS) is 10.7. The molecule has 0 aliphatic carbocycles. The minimum atomic E-state index is -0.465. The highest BCUT2D eigenvalue weighted by Gasteiger charge is 2.10. The lowest BCUT2D eigenvalue weighted by atomic mass is 10.1. The average molecular weight is 309 g/mol. The van der Waals surface area contributed by atoms with Crippen LogP contribution in [0.2, 0.25) is 0 Å². The predicted molar refractivity (Wildman–Crippen MR) is 86.0 cm³/mol. The molecule has 0 aliphatic heterocycles. The molecule has 0 atom stereocenters. The Labute approximate surface area is 132 Å². The van der Waals surface area contributed by atoms with Crippen molar-refractivity contribution in [3.05, 3.63) is 48.0 Å². The van der Waals surface area contributed by atoms with Gasteiger partial charge in [-0.25, -0.2) is 9.97 Å². The van der Waals surface area contributed by atoms with Crippen molar-refractivity contribution < 1.29 is 14.3 Å². The zero-order valence-electron chi connectivity index (χ0n) is 12.6. The molecule has 23 heavy (non-hydrogen) atoms. The number of hydrogen-bond acceptors (Lipinski definition) is 5. The van der Waals surface area contributed by atoms with E-state index < -0.39 is 5.97 Å². The number of rotatable bonds is 4. The third-order valence-corrected chi connectivity index (χ3v) is 3.30. The Balaban J connectivity index is 1.85. The first-order valence-corrected chi connectivity index (χ1v) is 7.28. The number of fused-ring (bicyclic) bond motifs is 2. The van der Waals surface area contributed by atoms with Crippen LogP contribution < -0.4 is 5.32 Å². The standard InChI is InChI=1S/C17H15N3O3/c1-2-23-16(21)10-18-17(22)11-7-8-14-15(9-11)20-13-6-4-3-5-12(13)19-14/h3-9H,2,10H2,1H3,(H,18,22). The van der Waals surface area contributed by atoms with Gasteiger partial charge in [0.2, 0.25) is 0 Å². The second kappa shape index (κ2) is 6.39. The van der Waals surface area contributed by atoms with Crippen LogP contribution in [-0.4, -0.2) is 35.0 Å². The monoisotopic (exact) mass is 309 g/mol. The molecule has 3 aromatic rings. The van der Waals surface area contributed by atoms with Crippen molar-refractivity contribution in [1.29, 1.82) is 0 Å². The van der Waals surface area contributed by atoms with Gasteiger partial charge in [-0.3, -0.25) is 9.59 Å². The lowest BCUT2D eigenvalue weighted by molar-refractivity contribution is -0.141. The van der Waals surface area contributed by atoms with Gasteiger partial charge < -0.3 is 10.1 Å². The SMILES string of the molecule is CCOC(=O)CNC(=O)c1ccc2nc3ccccc3nc2c1. The van der Waals surface area contributed by atoms with Crippen LogP contribution in [0.1, 0.15) is 17.3 Å². The van der Waals surface area contributed by atoms with Crippen molar-refractivity contribution in [2.75, 3.05) is 13.2 Å². The Morgan fingerprint density at radius 1 is 1.00 bits per heavy atom. The topological polar surface area (TPSA) is 81.2 Å². The molecule has 0 spiro atoms. The van der Waals surface area contributed by atoms with Crippen molar-refractivity contribution in [1.82, 2.24) is 15.3 Å². The number of hydrogen-bond donors (Lipinski definition) is 1. The highest BCUT2D eigenvalue weighted by atomic mass is 16.5. The van der Waals surface area contributed by atoms with E-state index in [0.29, 0.717) is 16.6 Å². The maximum Gasteiger partial charge on any atom is 0.325 e. The van der Waals surface area contributed by atoms with Crippen LogP contribution >= 0.6 is 0 Å². The molecular formula is C17H15N3O3. The summed E-state index contributed by atoms with van der Waals surface area (Å²) in [5.74, 6) is -0.817. The Kier molecular flexibility index (Phi) is 4.14. The number of amides is 1. The first kappa shape index (κ1) is 14.9. The summed E-state index contributed by atoms with van der Waals surface area (Å²) in [4.78, 5) is 32.4. The summed E-state index contributed by atoms with van der Waals surface area (Å²) >= 11 is 0. The number of nitrogens with one attached hydrogen (secondary N) is 1. The lowest BCUT2D eigenvalue weighted by Gasteiger charge is -2.06. The molecule has 3 rings (SSSR count). The molecule has 0 radical (unpaired) electrons. The van der Waals surface area contributed by atoms with E-state index in [2.05, 4.69) is 15.3 Å². The zero-order valence-corrected chi connectivity index (χ0v) is 12.6. The van der Waals surface area contributed by atoms with Crippen LogP contribution in [0.3, 0.4) is 0 Å². The van der Waals surface area contributed by atoms with E-state index in [9.17, 15) is 9.59 Å². The van der Waals surface area contributed by atoms with E-state index >= 15 is 0 Å². The third kappa shape index (κ3) is 3.26. The van der Waals surface area contributed by atoms with E-state index in [4.69, 9.17) is 4.74 Å². The van der Waals surface area contributed by atoms with Gasteiger partial charge in [0.25, 0.3) is 5.91 Å². The molecule has 1 N–H and O–H groups in total. The number of aromatic nitrogens is 2. The van der Waals surface area contributed by atoms with Crippen molar-refractivity contribution in [2.24, 2.45) is 0 Å². The van der Waals surface area contributed by atoms with Gasteiger partial charge in [-0.15, -0.1) is 0 Å². The van der Waals surface area contributed by atoms with Gasteiger partial charge in [-0.2, -0.15) is 0 Å². The third-order valence-electron chi connectivity index (χ3n) is 3.30. The van der Waals surface area contributed by atoms with Gasteiger partial charge in [0.05, 0.1) is 28.7 Å². The number of para-hydroxylation sites is 2. The van der Waals surface area contributed by atoms with Crippen molar-refractivity contribution in [3.63, 3.8) is 0 Å². The molecule has 116 valence electrons. The number of benzene rings is 2. The van der Waals surface area contributed by atoms with Gasteiger partial charge in [-0.05, 0) is 37.3 Å². The summed E-state index contributed by atoms with van der Waals surface area (Å²) in [6.45, 7) is 1.84. The average Bonchev–Trinajstić information content (AvgIpc) is 2.57. The van der Waals surface area contributed by atoms with Crippen LogP contribution in [0.15, 0.2) is 42.5 Å². The maximum atomic E-state index is 12.1. The number of esters is 1. The van der Waals surface area contributed by atoms with Crippen molar-refractivity contribution in [3.8, 4) is 0 Å². The molecule has 0 saturated carbocycles. The fraction of sp³-hybridized carbons (Fsp3) is 0.176. The minimum absolute atomic E-state index is 0.159. The van der Waals surface area contributed by atoms with E-state index in [-0.39, 0.29) is 19.1 Å². The van der Waals surface area contributed by atoms with Gasteiger partial charge >= 0.3 is 5.97 Å². The van der Waals surface area contributed by atoms with Gasteiger partial charge in [0, 0.05) is 5.56 Å². The van der Waals surface area contributed by atoms with Gasteiger partial charge in [0.15, 0.2) is 0 Å². The fourth-order valence-corrected chi connectivity index (χ4v) is 2.23. The van der Waals surface area contributed by atoms with Crippen LogP contribution in [-0.2, 0) is 9.53 Å². The summed E-state index contributed by atoms with van der Waals surface area (Å²) in [5, 5.41) is 2.52. The summed E-state index contributed by atoms with van der Waals surface area (Å²) in [6.07, 6.45) is 0. The van der Waals surface area contributed by atoms with E-state index in [0.717, 1.165) is 11.0 Å². The molecule has 1 heterocycles. The maximum absolute atomic E-state index is 12.1. The Hall–Kier alpha value is -3.02.